The average Bonchev–Trinajstić information content (AvgIpc) is 2.86. The lowest BCUT2D eigenvalue weighted by molar-refractivity contribution is 1.10. The van der Waals surface area contributed by atoms with Crippen molar-refractivity contribution in [1.82, 2.24) is 18.7 Å². The van der Waals surface area contributed by atoms with Gasteiger partial charge in [-0.25, -0.2) is 9.97 Å². The molecular formula is C11H9N5S. The minimum atomic E-state index is 0.639. The number of anilines is 1. The molecule has 0 saturated carbocycles. The van der Waals surface area contributed by atoms with E-state index in [0.29, 0.717) is 12.2 Å². The Morgan fingerprint density at radius 2 is 1.94 bits per heavy atom. The van der Waals surface area contributed by atoms with Gasteiger partial charge < -0.3 is 5.32 Å². The van der Waals surface area contributed by atoms with Crippen molar-refractivity contribution in [2.24, 2.45) is 0 Å². The molecule has 6 heteroatoms. The zero-order valence-corrected chi connectivity index (χ0v) is 9.68. The summed E-state index contributed by atoms with van der Waals surface area (Å²) in [6.45, 7) is 0.713. The zero-order chi connectivity index (χ0) is 11.5. The van der Waals surface area contributed by atoms with E-state index in [9.17, 15) is 0 Å². The summed E-state index contributed by atoms with van der Waals surface area (Å²) in [5, 5.41) is 3.24. The molecule has 3 aromatic rings. The van der Waals surface area contributed by atoms with Crippen molar-refractivity contribution in [2.75, 3.05) is 5.32 Å². The van der Waals surface area contributed by atoms with Crippen LogP contribution in [0, 0.1) is 0 Å². The van der Waals surface area contributed by atoms with Gasteiger partial charge in [0.2, 0.25) is 0 Å². The largest absolute Gasteiger partial charge is 0.364 e. The Bertz CT molecular complexity index is 622. The summed E-state index contributed by atoms with van der Waals surface area (Å²) in [5.41, 5.74) is 2.57. The second-order valence-electron chi connectivity index (χ2n) is 3.50. The van der Waals surface area contributed by atoms with E-state index in [2.05, 4.69) is 36.2 Å². The maximum atomic E-state index is 4.18. The van der Waals surface area contributed by atoms with Crippen molar-refractivity contribution in [2.45, 2.75) is 6.54 Å². The number of hydrogen-bond acceptors (Lipinski definition) is 6. The molecule has 0 aliphatic rings. The van der Waals surface area contributed by atoms with Crippen LogP contribution in [-0.2, 0) is 6.54 Å². The monoisotopic (exact) mass is 243 g/mol. The molecule has 0 saturated heterocycles. The van der Waals surface area contributed by atoms with Gasteiger partial charge in [-0.3, -0.25) is 0 Å². The number of benzene rings is 1. The Morgan fingerprint density at radius 3 is 2.82 bits per heavy atom. The average molecular weight is 243 g/mol. The third kappa shape index (κ3) is 2.07. The molecule has 0 unspecified atom stereocenters. The van der Waals surface area contributed by atoms with Crippen molar-refractivity contribution in [3.8, 4) is 0 Å². The molecule has 17 heavy (non-hydrogen) atoms. The maximum absolute atomic E-state index is 4.18. The highest BCUT2D eigenvalue weighted by atomic mass is 32.1. The Kier molecular flexibility index (Phi) is 2.63. The fourth-order valence-electron chi connectivity index (χ4n) is 1.53. The van der Waals surface area contributed by atoms with Crippen molar-refractivity contribution in [3.05, 3.63) is 42.2 Å². The normalized spacial score (nSPS) is 10.6. The van der Waals surface area contributed by atoms with E-state index in [0.717, 1.165) is 23.1 Å². The van der Waals surface area contributed by atoms with Crippen LogP contribution in [0.4, 0.5) is 5.82 Å². The third-order valence-corrected chi connectivity index (χ3v) is 2.88. The van der Waals surface area contributed by atoms with Gasteiger partial charge in [0.05, 0.1) is 11.7 Å². The van der Waals surface area contributed by atoms with E-state index in [1.165, 1.54) is 11.9 Å². The predicted octanol–water partition coefficient (Wildman–Crippen LogP) is 2.09. The van der Waals surface area contributed by atoms with E-state index in [-0.39, 0.29) is 0 Å². The molecule has 2 aromatic heterocycles. The number of aromatic nitrogens is 4. The van der Waals surface area contributed by atoms with Gasteiger partial charge in [-0.15, -0.1) is 0 Å². The Labute approximate surface area is 102 Å². The number of fused-ring (bicyclic) bond motifs is 1. The summed E-state index contributed by atoms with van der Waals surface area (Å²) in [6.07, 6.45) is 1.50. The molecule has 3 rings (SSSR count). The number of hydrogen-bond donors (Lipinski definition) is 1. The van der Waals surface area contributed by atoms with Crippen LogP contribution in [-0.4, -0.2) is 18.7 Å². The molecule has 1 aromatic carbocycles. The highest BCUT2D eigenvalue weighted by Gasteiger charge is 2.06. The van der Waals surface area contributed by atoms with Crippen LogP contribution in [0.2, 0.25) is 0 Å². The van der Waals surface area contributed by atoms with Crippen molar-refractivity contribution in [1.29, 1.82) is 0 Å². The molecule has 0 aliphatic carbocycles. The summed E-state index contributed by atoms with van der Waals surface area (Å²) in [6, 6.07) is 10.1. The fourth-order valence-corrected chi connectivity index (χ4v) is 2.03. The highest BCUT2D eigenvalue weighted by molar-refractivity contribution is 7.00. The van der Waals surface area contributed by atoms with Crippen molar-refractivity contribution in [3.63, 3.8) is 0 Å². The third-order valence-electron chi connectivity index (χ3n) is 2.37. The Balaban J connectivity index is 1.84. The molecule has 0 fully saturated rings. The molecule has 1 N–H and O–H groups in total. The van der Waals surface area contributed by atoms with Gasteiger partial charge >= 0.3 is 0 Å². The molecule has 5 nitrogen and oxygen atoms in total. The molecular weight excluding hydrogens is 234 g/mol. The first-order valence-corrected chi connectivity index (χ1v) is 5.87. The molecule has 0 bridgehead atoms. The Morgan fingerprint density at radius 1 is 1.06 bits per heavy atom. The van der Waals surface area contributed by atoms with Crippen LogP contribution < -0.4 is 5.32 Å². The summed E-state index contributed by atoms with van der Waals surface area (Å²) in [4.78, 5) is 8.22. The lowest BCUT2D eigenvalue weighted by atomic mass is 10.2. The van der Waals surface area contributed by atoms with Crippen LogP contribution in [0.25, 0.3) is 11.2 Å². The SMILES string of the molecule is c1ccc(CNc2ncnc3nsnc23)cc1. The minimum absolute atomic E-state index is 0.639. The second-order valence-corrected chi connectivity index (χ2v) is 4.03. The first-order valence-electron chi connectivity index (χ1n) is 5.14. The Hall–Kier alpha value is -2.08. The van der Waals surface area contributed by atoms with E-state index in [4.69, 9.17) is 0 Å². The lowest BCUT2D eigenvalue weighted by Crippen LogP contribution is -2.02. The maximum Gasteiger partial charge on any atom is 0.198 e. The van der Waals surface area contributed by atoms with Gasteiger partial charge in [0.15, 0.2) is 17.0 Å². The second kappa shape index (κ2) is 4.42. The molecule has 0 amide bonds. The molecule has 0 atom stereocenters. The lowest BCUT2D eigenvalue weighted by Gasteiger charge is -2.04. The standard InChI is InChI=1S/C11H9N5S/c1-2-4-8(5-3-1)6-12-10-9-11(14-7-13-10)16-17-15-9/h1-5,7H,6H2,(H,12,13,14,16). The number of nitrogens with zero attached hydrogens (tertiary/aromatic N) is 4. The smallest absolute Gasteiger partial charge is 0.198 e. The van der Waals surface area contributed by atoms with Gasteiger partial charge in [-0.1, -0.05) is 30.3 Å². The summed E-state index contributed by atoms with van der Waals surface area (Å²) in [7, 11) is 0. The van der Waals surface area contributed by atoms with Crippen LogP contribution in [0.1, 0.15) is 5.56 Å². The van der Waals surface area contributed by atoms with Crippen LogP contribution in [0.3, 0.4) is 0 Å². The highest BCUT2D eigenvalue weighted by Crippen LogP contribution is 2.16. The van der Waals surface area contributed by atoms with E-state index < -0.39 is 0 Å². The van der Waals surface area contributed by atoms with E-state index >= 15 is 0 Å². The van der Waals surface area contributed by atoms with Crippen molar-refractivity contribution < 1.29 is 0 Å². The van der Waals surface area contributed by atoms with Gasteiger partial charge in [-0.2, -0.15) is 8.75 Å². The van der Waals surface area contributed by atoms with Crippen LogP contribution in [0.5, 0.6) is 0 Å². The van der Waals surface area contributed by atoms with E-state index in [1.807, 2.05) is 18.2 Å². The van der Waals surface area contributed by atoms with Crippen molar-refractivity contribution >= 4 is 28.7 Å². The van der Waals surface area contributed by atoms with E-state index in [1.54, 1.807) is 0 Å². The predicted molar refractivity (Wildman–Crippen MR) is 66.8 cm³/mol. The molecule has 0 aliphatic heterocycles. The zero-order valence-electron chi connectivity index (χ0n) is 8.87. The number of nitrogens with one attached hydrogen (secondary N) is 1. The molecule has 0 radical (unpaired) electrons. The summed E-state index contributed by atoms with van der Waals surface area (Å²) < 4.78 is 8.25. The minimum Gasteiger partial charge on any atom is -0.364 e. The molecule has 0 spiro atoms. The molecule has 2 heterocycles. The summed E-state index contributed by atoms with van der Waals surface area (Å²) >= 11 is 1.15. The number of rotatable bonds is 3. The fraction of sp³-hybridized carbons (Fsp3) is 0.0909. The van der Waals surface area contributed by atoms with Gasteiger partial charge in [-0.05, 0) is 5.56 Å². The van der Waals surface area contributed by atoms with Gasteiger partial charge in [0.1, 0.15) is 6.33 Å². The van der Waals surface area contributed by atoms with Gasteiger partial charge in [0.25, 0.3) is 0 Å². The summed E-state index contributed by atoms with van der Waals surface area (Å²) in [5.74, 6) is 0.729. The van der Waals surface area contributed by atoms with Gasteiger partial charge in [0, 0.05) is 6.54 Å². The first-order chi connectivity index (χ1) is 8.43. The van der Waals surface area contributed by atoms with Crippen LogP contribution in [0.15, 0.2) is 36.7 Å². The topological polar surface area (TPSA) is 63.6 Å². The quantitative estimate of drug-likeness (QED) is 0.763. The van der Waals surface area contributed by atoms with Crippen LogP contribution >= 0.6 is 11.7 Å². The molecule has 84 valence electrons. The first kappa shape index (κ1) is 10.1.